The first-order chi connectivity index (χ1) is 11.8. The molecule has 128 valence electrons. The summed E-state index contributed by atoms with van der Waals surface area (Å²) in [6.07, 6.45) is 1.01. The van der Waals surface area contributed by atoms with E-state index in [1.807, 2.05) is 6.92 Å². The zero-order valence-electron chi connectivity index (χ0n) is 14.0. The van der Waals surface area contributed by atoms with Gasteiger partial charge < -0.3 is 10.3 Å². The number of fused-ring (bicyclic) bond motifs is 1. The molecule has 0 aliphatic heterocycles. The number of hydrogen-bond acceptors (Lipinski definition) is 4. The number of Topliss-reactive ketones (excluding diaryl/α,β-unsaturated/α-hetero) is 2. The maximum atomic E-state index is 12.4. The van der Waals surface area contributed by atoms with Crippen LogP contribution in [0.3, 0.4) is 0 Å². The first kappa shape index (κ1) is 16.8. The predicted octanol–water partition coefficient (Wildman–Crippen LogP) is 2.59. The minimum atomic E-state index is -0.615. The summed E-state index contributed by atoms with van der Waals surface area (Å²) >= 11 is 0. The van der Waals surface area contributed by atoms with Gasteiger partial charge in [-0.25, -0.2) is 0 Å². The molecular weight excluding hydrogens is 320 g/mol. The van der Waals surface area contributed by atoms with Crippen LogP contribution in [-0.4, -0.2) is 22.5 Å². The highest BCUT2D eigenvalue weighted by Gasteiger charge is 2.25. The number of carbonyl (C=O) groups is 3. The molecule has 0 saturated carbocycles. The maximum Gasteiger partial charge on any atom is 0.261 e. The minimum Gasteiger partial charge on any atom is -0.325 e. The number of rotatable bonds is 3. The van der Waals surface area contributed by atoms with E-state index in [9.17, 15) is 19.2 Å². The zero-order chi connectivity index (χ0) is 18.1. The summed E-state index contributed by atoms with van der Waals surface area (Å²) in [6, 6.07) is 7.83. The molecular formula is C19H18N2O4. The van der Waals surface area contributed by atoms with Gasteiger partial charge in [-0.1, -0.05) is 19.1 Å². The Hall–Kier alpha value is -3.02. The predicted molar refractivity (Wildman–Crippen MR) is 93.3 cm³/mol. The Morgan fingerprint density at radius 3 is 2.64 bits per heavy atom. The van der Waals surface area contributed by atoms with Crippen LogP contribution in [0.1, 0.15) is 57.0 Å². The van der Waals surface area contributed by atoms with Gasteiger partial charge in [-0.2, -0.15) is 0 Å². The van der Waals surface area contributed by atoms with E-state index in [1.54, 1.807) is 24.3 Å². The van der Waals surface area contributed by atoms with Crippen LogP contribution in [0.15, 0.2) is 35.1 Å². The van der Waals surface area contributed by atoms with E-state index in [1.165, 1.54) is 13.0 Å². The summed E-state index contributed by atoms with van der Waals surface area (Å²) in [5.41, 5.74) is 1.22. The number of hydrogen-bond donors (Lipinski definition) is 2. The number of pyridine rings is 1. The number of ketones is 2. The molecule has 1 atom stereocenters. The van der Waals surface area contributed by atoms with Crippen molar-refractivity contribution < 1.29 is 14.4 Å². The molecule has 1 amide bonds. The number of anilines is 1. The summed E-state index contributed by atoms with van der Waals surface area (Å²) in [4.78, 5) is 50.9. The molecule has 25 heavy (non-hydrogen) atoms. The SMILES string of the molecule is CC(=O)c1cccc(NC(=O)c2cc3c([nH]c2=O)CC(C)CC3=O)c1. The first-order valence-electron chi connectivity index (χ1n) is 8.07. The second-order valence-electron chi connectivity index (χ2n) is 6.43. The van der Waals surface area contributed by atoms with Crippen molar-refractivity contribution in [3.63, 3.8) is 0 Å². The molecule has 1 heterocycles. The summed E-state index contributed by atoms with van der Waals surface area (Å²) < 4.78 is 0. The van der Waals surface area contributed by atoms with Gasteiger partial charge in [0.25, 0.3) is 11.5 Å². The molecule has 3 rings (SSSR count). The first-order valence-corrected chi connectivity index (χ1v) is 8.07. The molecule has 1 aromatic heterocycles. The average Bonchev–Trinajstić information content (AvgIpc) is 2.54. The van der Waals surface area contributed by atoms with E-state index in [4.69, 9.17) is 0 Å². The molecule has 0 fully saturated rings. The van der Waals surface area contributed by atoms with Gasteiger partial charge in [-0.3, -0.25) is 19.2 Å². The van der Waals surface area contributed by atoms with Crippen molar-refractivity contribution in [3.05, 3.63) is 63.1 Å². The third-order valence-corrected chi connectivity index (χ3v) is 4.28. The highest BCUT2D eigenvalue weighted by atomic mass is 16.2. The van der Waals surface area contributed by atoms with Crippen LogP contribution in [-0.2, 0) is 6.42 Å². The molecule has 6 nitrogen and oxygen atoms in total. The van der Waals surface area contributed by atoms with Crippen molar-refractivity contribution >= 4 is 23.2 Å². The van der Waals surface area contributed by atoms with Crippen LogP contribution in [0.4, 0.5) is 5.69 Å². The van der Waals surface area contributed by atoms with E-state index in [-0.39, 0.29) is 23.0 Å². The van der Waals surface area contributed by atoms with E-state index < -0.39 is 11.5 Å². The second-order valence-corrected chi connectivity index (χ2v) is 6.43. The van der Waals surface area contributed by atoms with Crippen molar-refractivity contribution in [2.24, 2.45) is 5.92 Å². The Morgan fingerprint density at radius 2 is 1.92 bits per heavy atom. The molecule has 6 heteroatoms. The number of aromatic amines is 1. The fraction of sp³-hybridized carbons (Fsp3) is 0.263. The lowest BCUT2D eigenvalue weighted by atomic mass is 9.86. The van der Waals surface area contributed by atoms with E-state index in [2.05, 4.69) is 10.3 Å². The van der Waals surface area contributed by atoms with Gasteiger partial charge in [-0.15, -0.1) is 0 Å². The van der Waals surface area contributed by atoms with Crippen LogP contribution >= 0.6 is 0 Å². The van der Waals surface area contributed by atoms with Crippen LogP contribution in [0.2, 0.25) is 0 Å². The molecule has 1 unspecified atom stereocenters. The topological polar surface area (TPSA) is 96.1 Å². The van der Waals surface area contributed by atoms with Gasteiger partial charge in [0.05, 0.1) is 0 Å². The van der Waals surface area contributed by atoms with Crippen molar-refractivity contribution in [1.82, 2.24) is 4.98 Å². The third kappa shape index (κ3) is 3.42. The maximum absolute atomic E-state index is 12.4. The van der Waals surface area contributed by atoms with Gasteiger partial charge in [0.2, 0.25) is 0 Å². The summed E-state index contributed by atoms with van der Waals surface area (Å²) in [6.45, 7) is 3.38. The van der Waals surface area contributed by atoms with Crippen LogP contribution in [0.25, 0.3) is 0 Å². The van der Waals surface area contributed by atoms with Crippen LogP contribution < -0.4 is 10.9 Å². The van der Waals surface area contributed by atoms with Crippen molar-refractivity contribution in [2.45, 2.75) is 26.7 Å². The molecule has 1 aliphatic carbocycles. The van der Waals surface area contributed by atoms with Crippen LogP contribution in [0, 0.1) is 5.92 Å². The van der Waals surface area contributed by atoms with Gasteiger partial charge in [0.15, 0.2) is 11.6 Å². The van der Waals surface area contributed by atoms with Crippen molar-refractivity contribution in [1.29, 1.82) is 0 Å². The van der Waals surface area contributed by atoms with Crippen LogP contribution in [0.5, 0.6) is 0 Å². The molecule has 0 bridgehead atoms. The lowest BCUT2D eigenvalue weighted by Crippen LogP contribution is -2.29. The number of nitrogens with one attached hydrogen (secondary N) is 2. The van der Waals surface area contributed by atoms with Crippen molar-refractivity contribution in [2.75, 3.05) is 5.32 Å². The van der Waals surface area contributed by atoms with Gasteiger partial charge in [0, 0.05) is 28.9 Å². The number of aromatic nitrogens is 1. The highest BCUT2D eigenvalue weighted by Crippen LogP contribution is 2.23. The fourth-order valence-corrected chi connectivity index (χ4v) is 3.01. The highest BCUT2D eigenvalue weighted by molar-refractivity contribution is 6.07. The largest absolute Gasteiger partial charge is 0.325 e. The van der Waals surface area contributed by atoms with Gasteiger partial charge >= 0.3 is 0 Å². The van der Waals surface area contributed by atoms with Gasteiger partial charge in [-0.05, 0) is 37.5 Å². The quantitative estimate of drug-likeness (QED) is 0.841. The average molecular weight is 338 g/mol. The Kier molecular flexibility index (Phi) is 4.35. The molecule has 1 aliphatic rings. The third-order valence-electron chi connectivity index (χ3n) is 4.28. The number of amides is 1. The number of carbonyl (C=O) groups excluding carboxylic acids is 3. The van der Waals surface area contributed by atoms with Crippen molar-refractivity contribution in [3.8, 4) is 0 Å². The normalized spacial score (nSPS) is 16.2. The monoisotopic (exact) mass is 338 g/mol. The molecule has 1 aromatic carbocycles. The minimum absolute atomic E-state index is 0.0716. The number of benzene rings is 1. The molecule has 0 saturated heterocycles. The van der Waals surface area contributed by atoms with E-state index in [0.717, 1.165) is 0 Å². The second kappa shape index (κ2) is 6.47. The van der Waals surface area contributed by atoms with Gasteiger partial charge in [0.1, 0.15) is 5.56 Å². The number of H-pyrrole nitrogens is 1. The Bertz CT molecular complexity index is 943. The Balaban J connectivity index is 1.92. The Morgan fingerprint density at radius 1 is 1.16 bits per heavy atom. The van der Waals surface area contributed by atoms with E-state index >= 15 is 0 Å². The summed E-state index contributed by atoms with van der Waals surface area (Å²) in [7, 11) is 0. The molecule has 0 radical (unpaired) electrons. The molecule has 0 spiro atoms. The summed E-state index contributed by atoms with van der Waals surface area (Å²) in [5, 5.41) is 2.60. The molecule has 2 aromatic rings. The standard InChI is InChI=1S/C19H18N2O4/c1-10-6-16-14(17(23)7-10)9-15(19(25)21-16)18(24)20-13-5-3-4-12(8-13)11(2)22/h3-5,8-10H,6-7H2,1-2H3,(H,20,24)(H,21,25). The summed E-state index contributed by atoms with van der Waals surface area (Å²) in [5.74, 6) is -0.638. The Labute approximate surface area is 144 Å². The van der Waals surface area contributed by atoms with E-state index in [0.29, 0.717) is 35.3 Å². The molecule has 2 N–H and O–H groups in total. The lowest BCUT2D eigenvalue weighted by Gasteiger charge is -2.20. The lowest BCUT2D eigenvalue weighted by molar-refractivity contribution is 0.0951. The zero-order valence-corrected chi connectivity index (χ0v) is 14.0. The smallest absolute Gasteiger partial charge is 0.261 e. The fourth-order valence-electron chi connectivity index (χ4n) is 3.01.